The van der Waals surface area contributed by atoms with Crippen LogP contribution in [-0.2, 0) is 14.9 Å². The average molecular weight is 547 g/mol. The summed E-state index contributed by atoms with van der Waals surface area (Å²) in [6.07, 6.45) is 2.79. The number of carbonyl (C=O) groups is 2. The number of thiazole rings is 1. The van der Waals surface area contributed by atoms with Crippen molar-refractivity contribution in [3.8, 4) is 5.75 Å². The van der Waals surface area contributed by atoms with Crippen molar-refractivity contribution >= 4 is 23.2 Å². The largest absolute Gasteiger partial charge is 0.496 e. The van der Waals surface area contributed by atoms with Gasteiger partial charge in [0, 0.05) is 24.3 Å². The first kappa shape index (κ1) is 31.8. The lowest BCUT2D eigenvalue weighted by Gasteiger charge is -2.41. The van der Waals surface area contributed by atoms with E-state index in [4.69, 9.17) is 14.6 Å². The van der Waals surface area contributed by atoms with Gasteiger partial charge in [-0.2, -0.15) is 0 Å². The summed E-state index contributed by atoms with van der Waals surface area (Å²) >= 11 is 1.52. The van der Waals surface area contributed by atoms with Crippen LogP contribution in [0.15, 0.2) is 29.8 Å². The van der Waals surface area contributed by atoms with Gasteiger partial charge in [0.15, 0.2) is 0 Å². The van der Waals surface area contributed by atoms with Crippen LogP contribution >= 0.6 is 11.3 Å². The zero-order valence-electron chi connectivity index (χ0n) is 24.9. The zero-order valence-corrected chi connectivity index (χ0v) is 25.7. The Hall–Kier alpha value is -2.45. The van der Waals surface area contributed by atoms with Crippen LogP contribution in [-0.4, -0.2) is 52.2 Å². The highest BCUT2D eigenvalue weighted by atomic mass is 32.1. The van der Waals surface area contributed by atoms with Crippen LogP contribution < -0.4 is 4.74 Å². The van der Waals surface area contributed by atoms with Crippen LogP contribution in [0, 0.1) is 11.8 Å². The summed E-state index contributed by atoms with van der Waals surface area (Å²) in [4.78, 5) is 34.8. The van der Waals surface area contributed by atoms with Crippen molar-refractivity contribution in [3.63, 3.8) is 0 Å². The summed E-state index contributed by atoms with van der Waals surface area (Å²) in [7, 11) is 2.62. The molecule has 1 saturated heterocycles. The highest BCUT2D eigenvalue weighted by Gasteiger charge is 2.59. The number of nitrogens with zero attached hydrogens (tertiary/aromatic N) is 2. The number of esters is 1. The lowest BCUT2D eigenvalue weighted by molar-refractivity contribution is -0.168. The first-order valence-corrected chi connectivity index (χ1v) is 14.1. The number of rotatable bonds is 6. The van der Waals surface area contributed by atoms with E-state index in [9.17, 15) is 9.59 Å². The molecule has 0 bridgehead atoms. The predicted octanol–water partition coefficient (Wildman–Crippen LogP) is 6.41. The monoisotopic (exact) mass is 546 g/mol. The fourth-order valence-corrected chi connectivity index (χ4v) is 6.26. The maximum absolute atomic E-state index is 14.4. The summed E-state index contributed by atoms with van der Waals surface area (Å²) < 4.78 is 11.7. The number of aliphatic hydroxyl groups is 1. The number of aliphatic hydroxyl groups excluding tert-OH is 1. The minimum Gasteiger partial charge on any atom is -0.496 e. The normalized spacial score (nSPS) is 21.7. The van der Waals surface area contributed by atoms with E-state index in [0.29, 0.717) is 24.2 Å². The molecule has 3 rings (SSSR count). The lowest BCUT2D eigenvalue weighted by atomic mass is 9.83. The Kier molecular flexibility index (Phi) is 10.2. The maximum atomic E-state index is 14.4. The van der Waals surface area contributed by atoms with Gasteiger partial charge in [0.2, 0.25) is 0 Å². The van der Waals surface area contributed by atoms with Gasteiger partial charge in [-0.15, -0.1) is 11.3 Å². The molecule has 1 N–H and O–H groups in total. The van der Waals surface area contributed by atoms with Gasteiger partial charge in [-0.25, -0.2) is 9.78 Å². The Bertz CT molecular complexity index is 1090. The molecule has 1 fully saturated rings. The number of benzene rings is 1. The molecule has 8 heteroatoms. The van der Waals surface area contributed by atoms with Gasteiger partial charge in [0.05, 0.1) is 13.2 Å². The minimum absolute atomic E-state index is 0.0297. The van der Waals surface area contributed by atoms with Crippen molar-refractivity contribution in [1.82, 2.24) is 9.88 Å². The Balaban J connectivity index is 0.00000247. The van der Waals surface area contributed by atoms with E-state index in [1.807, 2.05) is 38.3 Å². The summed E-state index contributed by atoms with van der Waals surface area (Å²) in [5, 5.41) is 9.75. The van der Waals surface area contributed by atoms with E-state index in [-0.39, 0.29) is 35.2 Å². The fraction of sp³-hybridized carbons (Fsp3) is 0.633. The van der Waals surface area contributed by atoms with Crippen LogP contribution in [0.5, 0.6) is 5.75 Å². The van der Waals surface area contributed by atoms with Crippen molar-refractivity contribution in [3.05, 3.63) is 45.9 Å². The van der Waals surface area contributed by atoms with Crippen LogP contribution in [0.1, 0.15) is 102 Å². The molecule has 1 aromatic carbocycles. The Morgan fingerprint density at radius 3 is 2.29 bits per heavy atom. The molecule has 0 saturated carbocycles. The van der Waals surface area contributed by atoms with Crippen LogP contribution in [0.4, 0.5) is 0 Å². The van der Waals surface area contributed by atoms with Gasteiger partial charge in [0.1, 0.15) is 21.9 Å². The van der Waals surface area contributed by atoms with E-state index < -0.39 is 11.1 Å². The summed E-state index contributed by atoms with van der Waals surface area (Å²) in [5.41, 5.74) is -0.392. The van der Waals surface area contributed by atoms with Gasteiger partial charge in [0.25, 0.3) is 5.91 Å². The first-order chi connectivity index (χ1) is 17.6. The number of hydrogen-bond donors (Lipinski definition) is 1. The number of ether oxygens (including phenoxy) is 2. The van der Waals surface area contributed by atoms with E-state index in [1.165, 1.54) is 11.3 Å². The Morgan fingerprint density at radius 2 is 1.82 bits per heavy atom. The van der Waals surface area contributed by atoms with E-state index in [1.54, 1.807) is 24.3 Å². The maximum Gasteiger partial charge on any atom is 0.332 e. The molecule has 0 unspecified atom stereocenters. The summed E-state index contributed by atoms with van der Waals surface area (Å²) in [6, 6.07) is 5.29. The molecule has 2 aromatic rings. The third kappa shape index (κ3) is 6.75. The molecular formula is C30H46N2O5S. The Morgan fingerprint density at radius 1 is 1.18 bits per heavy atom. The molecule has 0 aliphatic carbocycles. The summed E-state index contributed by atoms with van der Waals surface area (Å²) in [5.74, 6) is 0.319. The summed E-state index contributed by atoms with van der Waals surface area (Å²) in [6.45, 7) is 18.2. The molecule has 1 aromatic heterocycles. The van der Waals surface area contributed by atoms with E-state index in [0.717, 1.165) is 17.7 Å². The molecule has 3 atom stereocenters. The van der Waals surface area contributed by atoms with Crippen molar-refractivity contribution in [2.45, 2.75) is 97.8 Å². The second-order valence-electron chi connectivity index (χ2n) is 12.5. The van der Waals surface area contributed by atoms with E-state index in [2.05, 4.69) is 46.5 Å². The standard InChI is InChI=1S/C29H42N2O4S.CH4O/c1-18(2)16-29(26(33)35-28(7,8)9)17-19(3)23(24-30-13-14-36-24)31(29)25(32)20-11-12-21(27(4,5)6)22(15-20)34-10;1-2/h11-15,18-19,23H,16-17H2,1-10H3;2H,1H3/t19-,23+,29-;/m0./s1. The zero-order chi connectivity index (χ0) is 29.1. The van der Waals surface area contributed by atoms with Gasteiger partial charge in [-0.05, 0) is 68.6 Å². The molecule has 2 heterocycles. The van der Waals surface area contributed by atoms with Crippen molar-refractivity contribution < 1.29 is 24.2 Å². The highest BCUT2D eigenvalue weighted by molar-refractivity contribution is 7.09. The molecule has 7 nitrogen and oxygen atoms in total. The molecule has 212 valence electrons. The smallest absolute Gasteiger partial charge is 0.332 e. The van der Waals surface area contributed by atoms with Gasteiger partial charge >= 0.3 is 5.97 Å². The molecule has 0 radical (unpaired) electrons. The number of hydrogen-bond acceptors (Lipinski definition) is 7. The van der Waals surface area contributed by atoms with E-state index >= 15 is 0 Å². The lowest BCUT2D eigenvalue weighted by Crippen LogP contribution is -2.56. The van der Waals surface area contributed by atoms with Crippen LogP contribution in [0.25, 0.3) is 0 Å². The van der Waals surface area contributed by atoms with Crippen LogP contribution in [0.2, 0.25) is 0 Å². The topological polar surface area (TPSA) is 89.0 Å². The van der Waals surface area contributed by atoms with Gasteiger partial charge < -0.3 is 19.5 Å². The van der Waals surface area contributed by atoms with Crippen LogP contribution in [0.3, 0.4) is 0 Å². The number of carbonyl (C=O) groups excluding carboxylic acids is 2. The Labute approximate surface area is 232 Å². The van der Waals surface area contributed by atoms with Crippen molar-refractivity contribution in [1.29, 1.82) is 0 Å². The van der Waals surface area contributed by atoms with Crippen molar-refractivity contribution in [2.75, 3.05) is 14.2 Å². The first-order valence-electron chi connectivity index (χ1n) is 13.2. The van der Waals surface area contributed by atoms with Gasteiger partial charge in [-0.1, -0.05) is 47.6 Å². The molecule has 1 aliphatic rings. The quantitative estimate of drug-likeness (QED) is 0.421. The highest BCUT2D eigenvalue weighted by Crippen LogP contribution is 2.51. The molecule has 0 spiro atoms. The number of aromatic nitrogens is 1. The molecular weight excluding hydrogens is 500 g/mol. The third-order valence-corrected chi connectivity index (χ3v) is 7.49. The van der Waals surface area contributed by atoms with Crippen molar-refractivity contribution in [2.24, 2.45) is 11.8 Å². The van der Waals surface area contributed by atoms with Gasteiger partial charge in [-0.3, -0.25) is 4.79 Å². The fourth-order valence-electron chi connectivity index (χ4n) is 5.40. The SMILES string of the molecule is CO.COc1cc(C(=O)N2[C@@H](c3nccs3)[C@@H](C)C[C@@]2(CC(C)C)C(=O)OC(C)(C)C)ccc1C(C)(C)C. The molecule has 1 amide bonds. The number of amides is 1. The number of likely N-dealkylation sites (tertiary alicyclic amines) is 1. The average Bonchev–Trinajstić information content (AvgIpc) is 3.43. The predicted molar refractivity (Wildman–Crippen MR) is 153 cm³/mol. The second-order valence-corrected chi connectivity index (χ2v) is 13.4. The minimum atomic E-state index is -1.09. The molecule has 1 aliphatic heterocycles. The molecule has 38 heavy (non-hydrogen) atoms. The second kappa shape index (κ2) is 12.2. The number of methoxy groups -OCH3 is 1. The third-order valence-electron chi connectivity index (χ3n) is 6.64.